The molecule has 0 aromatic carbocycles. The summed E-state index contributed by atoms with van der Waals surface area (Å²) in [6.45, 7) is 0. The molecule has 0 saturated heterocycles. The van der Waals surface area contributed by atoms with Crippen molar-refractivity contribution in [2.45, 2.75) is 44.6 Å². The largest absolute Gasteiger partial charge is 0.477 e. The molecule has 0 spiro atoms. The van der Waals surface area contributed by atoms with E-state index in [0.29, 0.717) is 0 Å². The number of hydrogen-bond donors (Lipinski definition) is 3. The van der Waals surface area contributed by atoms with Crippen molar-refractivity contribution in [2.75, 3.05) is 0 Å². The Balaban J connectivity index is 2.06. The number of carbonyl (C=O) groups excluding carboxylic acids is 2. The number of nitrogens with one attached hydrogen (secondary N) is 1. The number of primary amides is 1. The predicted molar refractivity (Wildman–Crippen MR) is 82.8 cm³/mol. The highest BCUT2D eigenvalue weighted by atomic mass is 16.4. The van der Waals surface area contributed by atoms with Crippen LogP contribution in [0.25, 0.3) is 0 Å². The third-order valence-corrected chi connectivity index (χ3v) is 4.20. The Bertz CT molecular complexity index is 579. The molecular weight excluding hydrogens is 298 g/mol. The zero-order valence-corrected chi connectivity index (χ0v) is 12.8. The minimum Gasteiger partial charge on any atom is -0.477 e. The molecule has 1 aliphatic rings. The molecule has 1 fully saturated rings. The van der Waals surface area contributed by atoms with Gasteiger partial charge in [-0.05, 0) is 30.9 Å². The lowest BCUT2D eigenvalue weighted by Crippen LogP contribution is -2.43. The van der Waals surface area contributed by atoms with Crippen molar-refractivity contribution in [3.63, 3.8) is 0 Å². The van der Waals surface area contributed by atoms with E-state index in [-0.39, 0.29) is 35.5 Å². The molecular formula is C16H21N3O4. The maximum absolute atomic E-state index is 12.3. The molecule has 2 rings (SSSR count). The first-order valence-electron chi connectivity index (χ1n) is 7.76. The molecule has 23 heavy (non-hydrogen) atoms. The summed E-state index contributed by atoms with van der Waals surface area (Å²) in [6, 6.07) is 2.40. The molecule has 2 amide bonds. The van der Waals surface area contributed by atoms with Crippen molar-refractivity contribution in [2.24, 2.45) is 11.7 Å². The molecule has 1 aromatic rings. The topological polar surface area (TPSA) is 122 Å². The second kappa shape index (κ2) is 7.71. The number of hydrogen-bond acceptors (Lipinski definition) is 4. The van der Waals surface area contributed by atoms with Crippen LogP contribution < -0.4 is 11.1 Å². The Morgan fingerprint density at radius 2 is 1.96 bits per heavy atom. The summed E-state index contributed by atoms with van der Waals surface area (Å²) in [5, 5.41) is 11.7. The summed E-state index contributed by atoms with van der Waals surface area (Å²) in [6.07, 6.45) is 6.62. The van der Waals surface area contributed by atoms with Gasteiger partial charge in [0.15, 0.2) is 0 Å². The van der Waals surface area contributed by atoms with Crippen LogP contribution in [0, 0.1) is 5.92 Å². The summed E-state index contributed by atoms with van der Waals surface area (Å²) in [5.41, 5.74) is 5.44. The third kappa shape index (κ3) is 4.77. The number of pyridine rings is 1. The molecule has 1 saturated carbocycles. The quantitative estimate of drug-likeness (QED) is 0.730. The lowest BCUT2D eigenvalue weighted by atomic mass is 9.82. The Morgan fingerprint density at radius 1 is 1.26 bits per heavy atom. The van der Waals surface area contributed by atoms with Crippen LogP contribution in [0.1, 0.15) is 59.4 Å². The summed E-state index contributed by atoms with van der Waals surface area (Å²) in [5.74, 6) is -1.72. The highest BCUT2D eigenvalue weighted by Gasteiger charge is 2.27. The van der Waals surface area contributed by atoms with E-state index < -0.39 is 11.9 Å². The number of carboxylic acid groups (broad SMARTS) is 1. The van der Waals surface area contributed by atoms with Gasteiger partial charge in [0.1, 0.15) is 5.69 Å². The van der Waals surface area contributed by atoms with Gasteiger partial charge in [-0.3, -0.25) is 9.59 Å². The fourth-order valence-corrected chi connectivity index (χ4v) is 3.00. The van der Waals surface area contributed by atoms with Crippen molar-refractivity contribution in [1.82, 2.24) is 10.3 Å². The molecule has 0 aliphatic heterocycles. The lowest BCUT2D eigenvalue weighted by Gasteiger charge is -2.30. The smallest absolute Gasteiger partial charge is 0.354 e. The normalized spacial score (nSPS) is 16.5. The van der Waals surface area contributed by atoms with Gasteiger partial charge in [0.25, 0.3) is 5.91 Å². The zero-order chi connectivity index (χ0) is 16.8. The van der Waals surface area contributed by atoms with Crippen molar-refractivity contribution < 1.29 is 19.5 Å². The highest BCUT2D eigenvalue weighted by Crippen LogP contribution is 2.28. The Hall–Kier alpha value is -2.44. The molecule has 7 nitrogen and oxygen atoms in total. The van der Waals surface area contributed by atoms with E-state index in [1.165, 1.54) is 24.8 Å². The molecule has 1 atom stereocenters. The minimum atomic E-state index is -1.15. The van der Waals surface area contributed by atoms with E-state index in [9.17, 15) is 14.4 Å². The van der Waals surface area contributed by atoms with Gasteiger partial charge in [-0.2, -0.15) is 0 Å². The number of nitrogens with two attached hydrogens (primary N) is 1. The van der Waals surface area contributed by atoms with E-state index in [2.05, 4.69) is 10.3 Å². The molecule has 1 unspecified atom stereocenters. The molecule has 0 radical (unpaired) electrons. The van der Waals surface area contributed by atoms with Crippen LogP contribution in [-0.2, 0) is 4.79 Å². The number of nitrogens with zero attached hydrogens (tertiary/aromatic N) is 1. The molecule has 1 aromatic heterocycles. The van der Waals surface area contributed by atoms with E-state index in [1.54, 1.807) is 0 Å². The number of carbonyl (C=O) groups is 3. The van der Waals surface area contributed by atoms with E-state index >= 15 is 0 Å². The van der Waals surface area contributed by atoms with Crippen LogP contribution in [0.15, 0.2) is 18.3 Å². The SMILES string of the molecule is NC(=O)CC(NC(=O)c1ccc(C(=O)O)nc1)C1CCCCC1. The van der Waals surface area contributed by atoms with E-state index in [1.807, 2.05) is 0 Å². The first-order chi connectivity index (χ1) is 11.0. The number of rotatable bonds is 6. The van der Waals surface area contributed by atoms with Crippen LogP contribution in [0.2, 0.25) is 0 Å². The Labute approximate surface area is 134 Å². The monoisotopic (exact) mass is 319 g/mol. The molecule has 1 heterocycles. The summed E-state index contributed by atoms with van der Waals surface area (Å²) in [4.78, 5) is 38.1. The van der Waals surface area contributed by atoms with Gasteiger partial charge in [0.05, 0.1) is 5.56 Å². The second-order valence-corrected chi connectivity index (χ2v) is 5.89. The van der Waals surface area contributed by atoms with Crippen LogP contribution in [0.3, 0.4) is 0 Å². The van der Waals surface area contributed by atoms with Crippen LogP contribution >= 0.6 is 0 Å². The highest BCUT2D eigenvalue weighted by molar-refractivity contribution is 5.95. The first kappa shape index (κ1) is 16.9. The zero-order valence-electron chi connectivity index (χ0n) is 12.8. The van der Waals surface area contributed by atoms with Gasteiger partial charge >= 0.3 is 5.97 Å². The van der Waals surface area contributed by atoms with Crippen molar-refractivity contribution in [3.05, 3.63) is 29.6 Å². The van der Waals surface area contributed by atoms with Gasteiger partial charge in [0, 0.05) is 18.7 Å². The van der Waals surface area contributed by atoms with E-state index in [0.717, 1.165) is 25.7 Å². The number of amides is 2. The number of aromatic nitrogens is 1. The fraction of sp³-hybridized carbons (Fsp3) is 0.500. The molecule has 1 aliphatic carbocycles. The van der Waals surface area contributed by atoms with Crippen LogP contribution in [0.5, 0.6) is 0 Å². The van der Waals surface area contributed by atoms with E-state index in [4.69, 9.17) is 10.8 Å². The van der Waals surface area contributed by atoms with Gasteiger partial charge in [-0.25, -0.2) is 9.78 Å². The lowest BCUT2D eigenvalue weighted by molar-refractivity contribution is -0.118. The minimum absolute atomic E-state index is 0.108. The van der Waals surface area contributed by atoms with Crippen molar-refractivity contribution in [1.29, 1.82) is 0 Å². The standard InChI is InChI=1S/C16H21N3O4/c17-14(20)8-13(10-4-2-1-3-5-10)19-15(21)11-6-7-12(16(22)23)18-9-11/h6-7,9-10,13H,1-5,8H2,(H2,17,20)(H,19,21)(H,22,23). The molecule has 4 N–H and O–H groups in total. The maximum Gasteiger partial charge on any atom is 0.354 e. The van der Waals surface area contributed by atoms with Crippen molar-refractivity contribution >= 4 is 17.8 Å². The van der Waals surface area contributed by atoms with Crippen LogP contribution in [-0.4, -0.2) is 33.9 Å². The number of carboxylic acids is 1. The van der Waals surface area contributed by atoms with Gasteiger partial charge in [-0.1, -0.05) is 19.3 Å². The summed E-state index contributed by atoms with van der Waals surface area (Å²) in [7, 11) is 0. The van der Waals surface area contributed by atoms with Crippen LogP contribution in [0.4, 0.5) is 0 Å². The maximum atomic E-state index is 12.3. The van der Waals surface area contributed by atoms with Crippen molar-refractivity contribution in [3.8, 4) is 0 Å². The fourth-order valence-electron chi connectivity index (χ4n) is 3.00. The summed E-state index contributed by atoms with van der Waals surface area (Å²) < 4.78 is 0. The molecule has 124 valence electrons. The predicted octanol–water partition coefficient (Wildman–Crippen LogP) is 1.33. The number of aromatic carboxylic acids is 1. The molecule has 7 heteroatoms. The first-order valence-corrected chi connectivity index (χ1v) is 7.76. The Morgan fingerprint density at radius 3 is 2.48 bits per heavy atom. The average Bonchev–Trinajstić information content (AvgIpc) is 2.54. The summed E-state index contributed by atoms with van der Waals surface area (Å²) >= 11 is 0. The average molecular weight is 319 g/mol. The van der Waals surface area contributed by atoms with Gasteiger partial charge in [0.2, 0.25) is 5.91 Å². The third-order valence-electron chi connectivity index (χ3n) is 4.20. The van der Waals surface area contributed by atoms with Gasteiger partial charge in [-0.15, -0.1) is 0 Å². The second-order valence-electron chi connectivity index (χ2n) is 5.89. The molecule has 0 bridgehead atoms. The van der Waals surface area contributed by atoms with Gasteiger partial charge < -0.3 is 16.2 Å². The Kier molecular flexibility index (Phi) is 5.67.